The number of para-hydroxylation sites is 1. The maximum Gasteiger partial charge on any atom is 0.0989 e. The Bertz CT molecular complexity index is 1930. The van der Waals surface area contributed by atoms with Gasteiger partial charge in [0.1, 0.15) is 0 Å². The van der Waals surface area contributed by atoms with Gasteiger partial charge in [-0.3, -0.25) is 0 Å². The lowest BCUT2D eigenvalue weighted by atomic mass is 9.81. The van der Waals surface area contributed by atoms with Crippen molar-refractivity contribution in [1.82, 2.24) is 4.57 Å². The summed E-state index contributed by atoms with van der Waals surface area (Å²) in [6, 6.07) is 8.87. The molecule has 0 N–H and O–H groups in total. The van der Waals surface area contributed by atoms with E-state index in [0.29, 0.717) is 5.92 Å². The number of aliphatic imine (C=N–C) groups is 1. The van der Waals surface area contributed by atoms with E-state index in [1.807, 2.05) is 0 Å². The van der Waals surface area contributed by atoms with E-state index in [9.17, 15) is 0 Å². The molecule has 1 aromatic heterocycles. The van der Waals surface area contributed by atoms with Crippen LogP contribution in [0.15, 0.2) is 83.1 Å². The lowest BCUT2D eigenvalue weighted by Gasteiger charge is -2.26. The Morgan fingerprint density at radius 3 is 2.86 bits per heavy atom. The van der Waals surface area contributed by atoms with Gasteiger partial charge in [0.05, 0.1) is 15.6 Å². The number of fused-ring (bicyclic) bond motifs is 6. The molecule has 0 spiro atoms. The van der Waals surface area contributed by atoms with Crippen molar-refractivity contribution in [3.8, 4) is 0 Å². The molecule has 5 heteroatoms. The van der Waals surface area contributed by atoms with Gasteiger partial charge in [0.15, 0.2) is 0 Å². The molecule has 0 unspecified atom stereocenters. The highest BCUT2D eigenvalue weighted by molar-refractivity contribution is 14.2. The van der Waals surface area contributed by atoms with E-state index < -0.39 is 0 Å². The Morgan fingerprint density at radius 1 is 1.12 bits per heavy atom. The lowest BCUT2D eigenvalue weighted by Crippen LogP contribution is -2.06. The molecule has 2 aliphatic carbocycles. The van der Waals surface area contributed by atoms with Gasteiger partial charge in [-0.15, -0.1) is 0 Å². The topological polar surface area (TPSA) is 29.6 Å². The van der Waals surface area contributed by atoms with E-state index in [2.05, 4.69) is 113 Å². The van der Waals surface area contributed by atoms with Gasteiger partial charge in [0.25, 0.3) is 0 Å². The minimum Gasteiger partial charge on any atom is -0.340 e. The molecular weight excluding hydrogens is 752 g/mol. The van der Waals surface area contributed by atoms with Crippen molar-refractivity contribution in [1.29, 1.82) is 0 Å². The van der Waals surface area contributed by atoms with E-state index in [-0.39, 0.29) is 41.8 Å². The lowest BCUT2D eigenvalue weighted by molar-refractivity contribution is 0.768. The average molecular weight is 790 g/mol. The van der Waals surface area contributed by atoms with Crippen molar-refractivity contribution in [3.63, 3.8) is 0 Å². The van der Waals surface area contributed by atoms with Crippen molar-refractivity contribution in [2.24, 2.45) is 8.14 Å². The fourth-order valence-electron chi connectivity index (χ4n) is 6.82. The molecule has 3 nitrogen and oxygen atoms in total. The van der Waals surface area contributed by atoms with Gasteiger partial charge < -0.3 is 4.57 Å². The molecule has 0 amide bonds. The predicted octanol–water partition coefficient (Wildman–Crippen LogP) is 11.9. The van der Waals surface area contributed by atoms with E-state index in [0.717, 1.165) is 43.6 Å². The number of allylic oxidation sites excluding steroid dienone is 9. The molecule has 1 atom stereocenters. The monoisotopic (exact) mass is 789 g/mol. The zero-order valence-electron chi connectivity index (χ0n) is 25.3. The molecule has 43 heavy (non-hydrogen) atoms. The van der Waals surface area contributed by atoms with Crippen LogP contribution in [0.25, 0.3) is 29.1 Å². The van der Waals surface area contributed by atoms with Crippen LogP contribution in [0.1, 0.15) is 79.5 Å². The second-order valence-electron chi connectivity index (χ2n) is 11.7. The summed E-state index contributed by atoms with van der Waals surface area (Å²) in [4.78, 5) is 4.85. The summed E-state index contributed by atoms with van der Waals surface area (Å²) in [7, 11) is 0. The van der Waals surface area contributed by atoms with Crippen LogP contribution in [0, 0.1) is 6.92 Å². The molecule has 0 bridgehead atoms. The first-order valence-electron chi connectivity index (χ1n) is 15.3. The van der Waals surface area contributed by atoms with Crippen LogP contribution in [0.4, 0.5) is 11.4 Å². The van der Waals surface area contributed by atoms with Gasteiger partial charge in [-0.25, -0.2) is 8.14 Å². The van der Waals surface area contributed by atoms with Crippen molar-refractivity contribution in [3.05, 3.63) is 108 Å². The Kier molecular flexibility index (Phi) is 8.29. The van der Waals surface area contributed by atoms with Crippen LogP contribution in [-0.2, 0) is 13.0 Å². The van der Waals surface area contributed by atoms with Crippen LogP contribution in [0.2, 0.25) is 0 Å². The normalized spacial score (nSPS) is 19.3. The number of hydrogen-bond donors (Lipinski definition) is 0. The second kappa shape index (κ2) is 12.3. The SMILES string of the molecule is CCC1=C(/C=C\Cn2c3c(c4ccccc42)C=CCC3)C=IC(/C(C)=C/c2c(C)c3c(c4c2[C@H](C)CC=C4)N=CI=N3)=C1. The van der Waals surface area contributed by atoms with Crippen molar-refractivity contribution < 1.29 is 0 Å². The second-order valence-corrected chi connectivity index (χ2v) is 15.7. The van der Waals surface area contributed by atoms with Gasteiger partial charge in [-0.2, -0.15) is 0 Å². The first-order valence-corrected chi connectivity index (χ1v) is 19.8. The third-order valence-electron chi connectivity index (χ3n) is 9.06. The molecule has 2 aromatic carbocycles. The molecular formula is C38H37I2N3. The van der Waals surface area contributed by atoms with Crippen molar-refractivity contribution in [2.45, 2.75) is 65.8 Å². The minimum atomic E-state index is -0.347. The standard InChI is InChI=1S/C38H37I2N3/c1-5-27-21-33(25(3)20-32-26(4)37-38(41-23-40-42-37)31-16-10-12-24(2)36(31)32)39-22-28(27)13-11-19-43-34-17-8-6-14-29(34)30-15-7-9-18-35(30)43/h6-8,10-11,13-17,20-24H,5,9,12,18-19H2,1-4H3/b13-11-,25-20+/t24-/m1/s1. The first kappa shape index (κ1) is 29.0. The highest BCUT2D eigenvalue weighted by atomic mass is 127. The quantitative estimate of drug-likeness (QED) is 0.223. The molecule has 0 fully saturated rings. The van der Waals surface area contributed by atoms with Crippen molar-refractivity contribution in [2.75, 3.05) is 0 Å². The zero-order chi connectivity index (χ0) is 29.5. The summed E-state index contributed by atoms with van der Waals surface area (Å²) in [6.07, 6.45) is 23.3. The predicted molar refractivity (Wildman–Crippen MR) is 205 cm³/mol. The molecule has 3 heterocycles. The number of rotatable bonds is 6. The van der Waals surface area contributed by atoms with Gasteiger partial charge in [-0.05, 0) is 95.0 Å². The highest BCUT2D eigenvalue weighted by Gasteiger charge is 2.25. The van der Waals surface area contributed by atoms with E-state index in [1.54, 1.807) is 0 Å². The van der Waals surface area contributed by atoms with E-state index in [1.165, 1.54) is 64.7 Å². The highest BCUT2D eigenvalue weighted by Crippen LogP contribution is 2.49. The molecule has 4 aliphatic rings. The summed E-state index contributed by atoms with van der Waals surface area (Å²) < 4.78 is 13.6. The van der Waals surface area contributed by atoms with Gasteiger partial charge in [0, 0.05) is 58.9 Å². The molecule has 218 valence electrons. The fraction of sp³-hybridized carbons (Fsp3) is 0.263. The molecule has 0 saturated heterocycles. The third-order valence-corrected chi connectivity index (χ3v) is 13.2. The molecule has 3 aromatic rings. The molecule has 0 saturated carbocycles. The minimum absolute atomic E-state index is 0.220. The molecule has 7 rings (SSSR count). The van der Waals surface area contributed by atoms with E-state index >= 15 is 0 Å². The maximum atomic E-state index is 4.99. The first-order chi connectivity index (χ1) is 21.0. The number of aromatic nitrogens is 1. The van der Waals surface area contributed by atoms with Crippen LogP contribution in [0.5, 0.6) is 0 Å². The van der Waals surface area contributed by atoms with Gasteiger partial charge in [-0.1, -0.05) is 95.3 Å². The van der Waals surface area contributed by atoms with Gasteiger partial charge in [0.2, 0.25) is 0 Å². The fourth-order valence-corrected chi connectivity index (χ4v) is 10.7. The van der Waals surface area contributed by atoms with Crippen molar-refractivity contribution >= 4 is 90.5 Å². The van der Waals surface area contributed by atoms with Crippen LogP contribution in [0.3, 0.4) is 0 Å². The third kappa shape index (κ3) is 5.30. The summed E-state index contributed by atoms with van der Waals surface area (Å²) >= 11 is -0.567. The molecule has 0 radical (unpaired) electrons. The number of hydrogen-bond acceptors (Lipinski definition) is 2. The average Bonchev–Trinajstić information content (AvgIpc) is 3.36. The Labute approximate surface area is 275 Å². The summed E-state index contributed by atoms with van der Waals surface area (Å²) in [5.74, 6) is 0.485. The molecule has 2 aliphatic heterocycles. The zero-order valence-corrected chi connectivity index (χ0v) is 29.6. The number of benzene rings is 2. The van der Waals surface area contributed by atoms with E-state index in [4.69, 9.17) is 8.14 Å². The Hall–Kier alpha value is -2.78. The summed E-state index contributed by atoms with van der Waals surface area (Å²) in [6.45, 7) is 10.1. The summed E-state index contributed by atoms with van der Waals surface area (Å²) in [5, 5.41) is 1.38. The van der Waals surface area contributed by atoms with Gasteiger partial charge >= 0.3 is 0 Å². The van der Waals surface area contributed by atoms with Crippen LogP contribution >= 0.6 is 41.8 Å². The smallest absolute Gasteiger partial charge is 0.0989 e. The van der Waals surface area contributed by atoms with Crippen LogP contribution in [-0.4, -0.2) is 12.8 Å². The van der Waals surface area contributed by atoms with Crippen LogP contribution < -0.4 is 0 Å². The number of halogens is 2. The number of nitrogens with zero attached hydrogens (tertiary/aromatic N) is 3. The summed E-state index contributed by atoms with van der Waals surface area (Å²) in [5.41, 5.74) is 16.1. The maximum absolute atomic E-state index is 4.99. The Morgan fingerprint density at radius 2 is 1.98 bits per heavy atom. The Balaban J connectivity index is 1.20. The largest absolute Gasteiger partial charge is 0.340 e.